The standard InChI is InChI=1S/C14H30N2O3/c1-14(2,3)19-12-9-16-6-4-15(5-7-16)8-11-18-13-10-17/h17H,4-13H2,1-3H3. The van der Waals surface area contributed by atoms with E-state index in [0.29, 0.717) is 13.2 Å². The second kappa shape index (κ2) is 8.87. The lowest BCUT2D eigenvalue weighted by Crippen LogP contribution is -2.48. The Labute approximate surface area is 117 Å². The lowest BCUT2D eigenvalue weighted by Gasteiger charge is -2.35. The summed E-state index contributed by atoms with van der Waals surface area (Å²) in [5.74, 6) is 0. The van der Waals surface area contributed by atoms with E-state index >= 15 is 0 Å². The Balaban J connectivity index is 2.02. The fourth-order valence-corrected chi connectivity index (χ4v) is 2.08. The first-order valence-corrected chi connectivity index (χ1v) is 7.28. The third-order valence-electron chi connectivity index (χ3n) is 3.19. The summed E-state index contributed by atoms with van der Waals surface area (Å²) in [6.45, 7) is 14.8. The van der Waals surface area contributed by atoms with Gasteiger partial charge in [-0.05, 0) is 20.8 Å². The normalized spacial score (nSPS) is 18.9. The molecule has 0 spiro atoms. The maximum atomic E-state index is 8.62. The Hall–Kier alpha value is -0.200. The van der Waals surface area contributed by atoms with Crippen LogP contribution in [0.1, 0.15) is 20.8 Å². The highest BCUT2D eigenvalue weighted by Crippen LogP contribution is 2.07. The first kappa shape index (κ1) is 16.9. The van der Waals surface area contributed by atoms with E-state index < -0.39 is 0 Å². The van der Waals surface area contributed by atoms with E-state index in [1.54, 1.807) is 0 Å². The minimum Gasteiger partial charge on any atom is -0.394 e. The third-order valence-corrected chi connectivity index (χ3v) is 3.19. The fourth-order valence-electron chi connectivity index (χ4n) is 2.08. The molecule has 1 aliphatic heterocycles. The minimum atomic E-state index is -0.0358. The van der Waals surface area contributed by atoms with Crippen LogP contribution in [-0.2, 0) is 9.47 Å². The molecular weight excluding hydrogens is 244 g/mol. The minimum absolute atomic E-state index is 0.0358. The number of hydrogen-bond donors (Lipinski definition) is 1. The van der Waals surface area contributed by atoms with Crippen LogP contribution in [0.15, 0.2) is 0 Å². The van der Waals surface area contributed by atoms with Gasteiger partial charge in [-0.15, -0.1) is 0 Å². The van der Waals surface area contributed by atoms with Crippen LogP contribution in [0.2, 0.25) is 0 Å². The molecule has 1 rings (SSSR count). The van der Waals surface area contributed by atoms with Crippen LogP contribution < -0.4 is 0 Å². The molecule has 1 fully saturated rings. The van der Waals surface area contributed by atoms with Gasteiger partial charge < -0.3 is 14.6 Å². The summed E-state index contributed by atoms with van der Waals surface area (Å²) in [6, 6.07) is 0. The summed E-state index contributed by atoms with van der Waals surface area (Å²) < 4.78 is 11.0. The molecular formula is C14H30N2O3. The second-order valence-corrected chi connectivity index (χ2v) is 5.98. The van der Waals surface area contributed by atoms with Crippen molar-refractivity contribution in [1.82, 2.24) is 9.80 Å². The summed E-state index contributed by atoms with van der Waals surface area (Å²) in [6.07, 6.45) is 0. The molecule has 0 aliphatic carbocycles. The summed E-state index contributed by atoms with van der Waals surface area (Å²) >= 11 is 0. The average molecular weight is 274 g/mol. The molecule has 5 nitrogen and oxygen atoms in total. The van der Waals surface area contributed by atoms with Gasteiger partial charge in [-0.25, -0.2) is 0 Å². The van der Waals surface area contributed by atoms with Crippen molar-refractivity contribution in [3.05, 3.63) is 0 Å². The van der Waals surface area contributed by atoms with Gasteiger partial charge in [-0.2, -0.15) is 0 Å². The molecule has 1 N–H and O–H groups in total. The van der Waals surface area contributed by atoms with Gasteiger partial charge in [0.25, 0.3) is 0 Å². The van der Waals surface area contributed by atoms with E-state index in [4.69, 9.17) is 14.6 Å². The molecule has 0 atom stereocenters. The zero-order valence-corrected chi connectivity index (χ0v) is 12.7. The van der Waals surface area contributed by atoms with E-state index in [1.165, 1.54) is 0 Å². The number of aliphatic hydroxyl groups is 1. The number of nitrogens with zero attached hydrogens (tertiary/aromatic N) is 2. The van der Waals surface area contributed by atoms with E-state index in [1.807, 2.05) is 0 Å². The highest BCUT2D eigenvalue weighted by molar-refractivity contribution is 4.72. The van der Waals surface area contributed by atoms with Crippen molar-refractivity contribution in [3.8, 4) is 0 Å². The molecule has 19 heavy (non-hydrogen) atoms. The Bertz CT molecular complexity index is 223. The monoisotopic (exact) mass is 274 g/mol. The second-order valence-electron chi connectivity index (χ2n) is 5.98. The van der Waals surface area contributed by atoms with Crippen LogP contribution in [-0.4, -0.2) is 86.2 Å². The summed E-state index contributed by atoms with van der Waals surface area (Å²) in [4.78, 5) is 4.87. The smallest absolute Gasteiger partial charge is 0.0698 e. The van der Waals surface area contributed by atoms with Crippen LogP contribution in [0.3, 0.4) is 0 Å². The molecule has 1 saturated heterocycles. The van der Waals surface area contributed by atoms with Gasteiger partial charge in [0.15, 0.2) is 0 Å². The highest BCUT2D eigenvalue weighted by atomic mass is 16.5. The van der Waals surface area contributed by atoms with Gasteiger partial charge >= 0.3 is 0 Å². The molecule has 5 heteroatoms. The highest BCUT2D eigenvalue weighted by Gasteiger charge is 2.17. The van der Waals surface area contributed by atoms with Crippen LogP contribution in [0, 0.1) is 0 Å². The van der Waals surface area contributed by atoms with Gasteiger partial charge in [-0.1, -0.05) is 0 Å². The molecule has 0 radical (unpaired) electrons. The Morgan fingerprint density at radius 3 is 1.89 bits per heavy atom. The third kappa shape index (κ3) is 8.55. The van der Waals surface area contributed by atoms with Crippen LogP contribution in [0.4, 0.5) is 0 Å². The zero-order chi connectivity index (χ0) is 14.1. The first-order valence-electron chi connectivity index (χ1n) is 7.28. The molecule has 0 amide bonds. The predicted octanol–water partition coefficient (Wildman–Crippen LogP) is 0.428. The van der Waals surface area contributed by atoms with E-state index in [0.717, 1.165) is 45.9 Å². The van der Waals surface area contributed by atoms with Gasteiger partial charge in [0.1, 0.15) is 0 Å². The van der Waals surface area contributed by atoms with Gasteiger partial charge in [0.2, 0.25) is 0 Å². The van der Waals surface area contributed by atoms with Crippen molar-refractivity contribution in [1.29, 1.82) is 0 Å². The van der Waals surface area contributed by atoms with Crippen molar-refractivity contribution >= 4 is 0 Å². The lowest BCUT2D eigenvalue weighted by atomic mass is 10.2. The SMILES string of the molecule is CC(C)(C)OCCN1CCN(CCOCCO)CC1. The zero-order valence-electron chi connectivity index (χ0n) is 12.7. The molecule has 0 aromatic heterocycles. The first-order chi connectivity index (χ1) is 9.01. The van der Waals surface area contributed by atoms with Crippen molar-refractivity contribution in [2.45, 2.75) is 26.4 Å². The van der Waals surface area contributed by atoms with Gasteiger partial charge in [0.05, 0.1) is 32.0 Å². The molecule has 1 heterocycles. The van der Waals surface area contributed by atoms with Crippen molar-refractivity contribution in [3.63, 3.8) is 0 Å². The maximum Gasteiger partial charge on any atom is 0.0698 e. The molecule has 1 aliphatic rings. The lowest BCUT2D eigenvalue weighted by molar-refractivity contribution is -0.0189. The molecule has 0 bridgehead atoms. The summed E-state index contributed by atoms with van der Waals surface area (Å²) in [7, 11) is 0. The fraction of sp³-hybridized carbons (Fsp3) is 1.00. The van der Waals surface area contributed by atoms with E-state index in [9.17, 15) is 0 Å². The van der Waals surface area contributed by atoms with Crippen molar-refractivity contribution in [2.75, 3.05) is 65.7 Å². The molecule has 0 aromatic carbocycles. The molecule has 114 valence electrons. The number of piperazine rings is 1. The average Bonchev–Trinajstić information content (AvgIpc) is 2.35. The van der Waals surface area contributed by atoms with E-state index in [2.05, 4.69) is 30.6 Å². The largest absolute Gasteiger partial charge is 0.394 e. The summed E-state index contributed by atoms with van der Waals surface area (Å²) in [5, 5.41) is 8.62. The van der Waals surface area contributed by atoms with E-state index in [-0.39, 0.29) is 12.2 Å². The number of ether oxygens (including phenoxy) is 2. The Kier molecular flexibility index (Phi) is 7.87. The van der Waals surface area contributed by atoms with Crippen molar-refractivity contribution < 1.29 is 14.6 Å². The van der Waals surface area contributed by atoms with Crippen LogP contribution in [0.25, 0.3) is 0 Å². The Morgan fingerprint density at radius 2 is 1.42 bits per heavy atom. The van der Waals surface area contributed by atoms with Crippen LogP contribution in [0.5, 0.6) is 0 Å². The van der Waals surface area contributed by atoms with Crippen molar-refractivity contribution in [2.24, 2.45) is 0 Å². The number of aliphatic hydroxyl groups excluding tert-OH is 1. The maximum absolute atomic E-state index is 8.62. The molecule has 0 saturated carbocycles. The predicted molar refractivity (Wildman–Crippen MR) is 76.5 cm³/mol. The molecule has 0 unspecified atom stereocenters. The number of hydrogen-bond acceptors (Lipinski definition) is 5. The summed E-state index contributed by atoms with van der Waals surface area (Å²) in [5.41, 5.74) is -0.0358. The topological polar surface area (TPSA) is 45.2 Å². The Morgan fingerprint density at radius 1 is 0.895 bits per heavy atom. The number of rotatable bonds is 8. The van der Waals surface area contributed by atoms with Crippen LogP contribution >= 0.6 is 0 Å². The molecule has 0 aromatic rings. The van der Waals surface area contributed by atoms with Gasteiger partial charge in [0, 0.05) is 39.3 Å². The quantitative estimate of drug-likeness (QED) is 0.650. The van der Waals surface area contributed by atoms with Gasteiger partial charge in [-0.3, -0.25) is 9.80 Å².